The van der Waals surface area contributed by atoms with E-state index in [1.54, 1.807) is 0 Å². The van der Waals surface area contributed by atoms with Crippen molar-refractivity contribution in [3.05, 3.63) is 72.9 Å². The van der Waals surface area contributed by atoms with E-state index in [9.17, 15) is 9.59 Å². The second-order valence-electron chi connectivity index (χ2n) is 20.2. The van der Waals surface area contributed by atoms with E-state index in [2.05, 4.69) is 93.7 Å². The van der Waals surface area contributed by atoms with E-state index in [1.807, 2.05) is 0 Å². The van der Waals surface area contributed by atoms with Gasteiger partial charge in [0.1, 0.15) is 6.61 Å². The maximum Gasteiger partial charge on any atom is 0.306 e. The average molecular weight is 978 g/mol. The number of unbranched alkanes of at least 4 members (excludes halogenated alkanes) is 33. The zero-order valence-corrected chi connectivity index (χ0v) is 46.8. The Kier molecular flexibility index (Phi) is 58.3. The predicted molar refractivity (Wildman–Crippen MR) is 307 cm³/mol. The van der Waals surface area contributed by atoms with Gasteiger partial charge in [-0.2, -0.15) is 0 Å². The lowest BCUT2D eigenvalue weighted by Gasteiger charge is -2.18. The van der Waals surface area contributed by atoms with Gasteiger partial charge in [-0.3, -0.25) is 9.59 Å². The average Bonchev–Trinajstić information content (AvgIpc) is 3.36. The fourth-order valence-corrected chi connectivity index (χ4v) is 8.71. The minimum absolute atomic E-state index is 0.0753. The largest absolute Gasteiger partial charge is 0.462 e. The highest BCUT2D eigenvalue weighted by Gasteiger charge is 2.17. The summed E-state index contributed by atoms with van der Waals surface area (Å²) in [5, 5.41) is 0. The molecule has 0 bridgehead atoms. The Hall–Kier alpha value is -2.66. The molecule has 0 heterocycles. The van der Waals surface area contributed by atoms with Crippen molar-refractivity contribution < 1.29 is 23.8 Å². The Bertz CT molecular complexity index is 1240. The first-order valence-corrected chi connectivity index (χ1v) is 30.5. The van der Waals surface area contributed by atoms with Crippen LogP contribution < -0.4 is 0 Å². The maximum absolute atomic E-state index is 12.9. The van der Waals surface area contributed by atoms with Gasteiger partial charge in [-0.25, -0.2) is 0 Å². The number of ether oxygens (including phenoxy) is 3. The summed E-state index contributed by atoms with van der Waals surface area (Å²) in [5.41, 5.74) is 0. The van der Waals surface area contributed by atoms with Gasteiger partial charge in [0.25, 0.3) is 0 Å². The molecule has 0 aliphatic carbocycles. The number of hydrogen-bond acceptors (Lipinski definition) is 5. The van der Waals surface area contributed by atoms with Gasteiger partial charge in [-0.1, -0.05) is 273 Å². The molecule has 0 aromatic heterocycles. The van der Waals surface area contributed by atoms with Crippen molar-refractivity contribution in [2.75, 3.05) is 19.8 Å². The zero-order chi connectivity index (χ0) is 50.6. The molecule has 0 amide bonds. The summed E-state index contributed by atoms with van der Waals surface area (Å²) in [6.45, 7) is 7.72. The van der Waals surface area contributed by atoms with Gasteiger partial charge in [0.15, 0.2) is 6.10 Å². The Balaban J connectivity index is 4.30. The van der Waals surface area contributed by atoms with Gasteiger partial charge in [0.2, 0.25) is 0 Å². The second-order valence-corrected chi connectivity index (χ2v) is 20.2. The summed E-state index contributed by atoms with van der Waals surface area (Å²) in [4.78, 5) is 25.6. The van der Waals surface area contributed by atoms with Crippen LogP contribution in [-0.4, -0.2) is 37.9 Å². The number of carbonyl (C=O) groups excluding carboxylic acids is 2. The summed E-state index contributed by atoms with van der Waals surface area (Å²) in [6.07, 6.45) is 79.3. The molecule has 0 saturated heterocycles. The highest BCUT2D eigenvalue weighted by molar-refractivity contribution is 5.70. The predicted octanol–water partition coefficient (Wildman–Crippen LogP) is 21.0. The third kappa shape index (κ3) is 57.9. The summed E-state index contributed by atoms with van der Waals surface area (Å²) in [7, 11) is 0. The van der Waals surface area contributed by atoms with Crippen molar-refractivity contribution >= 4 is 11.9 Å². The van der Waals surface area contributed by atoms with E-state index in [0.717, 1.165) is 89.9 Å². The van der Waals surface area contributed by atoms with E-state index < -0.39 is 6.10 Å². The Labute approximate surface area is 436 Å². The van der Waals surface area contributed by atoms with Gasteiger partial charge in [-0.15, -0.1) is 0 Å². The first-order chi connectivity index (χ1) is 34.6. The Morgan fingerprint density at radius 1 is 0.329 bits per heavy atom. The molecule has 0 N–H and O–H groups in total. The van der Waals surface area contributed by atoms with Crippen LogP contribution in [0.5, 0.6) is 0 Å². The molecule has 406 valence electrons. The van der Waals surface area contributed by atoms with E-state index in [4.69, 9.17) is 14.2 Å². The van der Waals surface area contributed by atoms with Crippen molar-refractivity contribution in [2.24, 2.45) is 0 Å². The van der Waals surface area contributed by atoms with E-state index in [-0.39, 0.29) is 25.2 Å². The molecule has 0 spiro atoms. The minimum atomic E-state index is -0.548. The molecule has 70 heavy (non-hydrogen) atoms. The number of allylic oxidation sites excluding steroid dienone is 12. The molecule has 5 heteroatoms. The molecule has 0 aliphatic rings. The lowest BCUT2D eigenvalue weighted by molar-refractivity contribution is -0.163. The standard InChI is InChI=1S/C65H116O5/c1-4-7-10-13-16-19-22-25-28-31-33-35-37-40-43-46-49-52-55-58-64(66)69-62-63(61-68-60-57-54-51-48-45-42-39-36-32-29-26-23-20-17-14-11-8-5-2)70-65(67)59-56-53-50-47-44-41-38-34-30-27-24-21-18-15-12-9-6-3/h7,10,16,18-19,21,25,27-28,30,33,35,63H,4-6,8-9,11-15,17,20,22-24,26,29,31-32,34,36-62H2,1-3H3/b10-7-,19-16-,21-18-,28-25-,30-27-,35-33-. The molecular weight excluding hydrogens is 861 g/mol. The molecule has 0 radical (unpaired) electrons. The molecule has 1 unspecified atom stereocenters. The SMILES string of the molecule is CC/C=C\C/C=C\C/C=C\C/C=C\CCCCCCCCC(=O)OCC(COCCCCCCCCCCCCCCCCCCCC)OC(=O)CCCCCCCCC/C=C\C/C=C\CCCCC. The molecule has 5 nitrogen and oxygen atoms in total. The molecular formula is C65H116O5. The summed E-state index contributed by atoms with van der Waals surface area (Å²) < 4.78 is 17.5. The van der Waals surface area contributed by atoms with Crippen LogP contribution in [0.1, 0.15) is 303 Å². The normalized spacial score (nSPS) is 12.7. The molecule has 0 fully saturated rings. The fourth-order valence-electron chi connectivity index (χ4n) is 8.71. The molecule has 0 saturated carbocycles. The van der Waals surface area contributed by atoms with Gasteiger partial charge in [0, 0.05) is 19.4 Å². The fraction of sp³-hybridized carbons (Fsp3) is 0.785. The van der Waals surface area contributed by atoms with Crippen LogP contribution in [0.25, 0.3) is 0 Å². The van der Waals surface area contributed by atoms with E-state index >= 15 is 0 Å². The van der Waals surface area contributed by atoms with Crippen molar-refractivity contribution in [2.45, 2.75) is 309 Å². The van der Waals surface area contributed by atoms with Gasteiger partial charge >= 0.3 is 11.9 Å². The van der Waals surface area contributed by atoms with Crippen LogP contribution in [0.15, 0.2) is 72.9 Å². The van der Waals surface area contributed by atoms with Crippen LogP contribution >= 0.6 is 0 Å². The monoisotopic (exact) mass is 977 g/mol. The first kappa shape index (κ1) is 67.3. The van der Waals surface area contributed by atoms with Crippen molar-refractivity contribution in [3.8, 4) is 0 Å². The smallest absolute Gasteiger partial charge is 0.306 e. The number of hydrogen-bond donors (Lipinski definition) is 0. The molecule has 0 rings (SSSR count). The van der Waals surface area contributed by atoms with Crippen molar-refractivity contribution in [1.82, 2.24) is 0 Å². The van der Waals surface area contributed by atoms with Gasteiger partial charge in [0.05, 0.1) is 6.61 Å². The van der Waals surface area contributed by atoms with Crippen LogP contribution in [0.2, 0.25) is 0 Å². The quantitative estimate of drug-likeness (QED) is 0.0345. The molecule has 1 atom stereocenters. The summed E-state index contributed by atoms with van der Waals surface area (Å²) >= 11 is 0. The second kappa shape index (κ2) is 60.6. The number of rotatable bonds is 56. The van der Waals surface area contributed by atoms with Gasteiger partial charge < -0.3 is 14.2 Å². The van der Waals surface area contributed by atoms with E-state index in [0.29, 0.717) is 19.4 Å². The van der Waals surface area contributed by atoms with Gasteiger partial charge in [-0.05, 0) is 89.9 Å². The lowest BCUT2D eigenvalue weighted by Crippen LogP contribution is -2.30. The van der Waals surface area contributed by atoms with Crippen LogP contribution in [0, 0.1) is 0 Å². The third-order valence-electron chi connectivity index (χ3n) is 13.2. The van der Waals surface area contributed by atoms with Crippen molar-refractivity contribution in [1.29, 1.82) is 0 Å². The van der Waals surface area contributed by atoms with Crippen LogP contribution in [0.4, 0.5) is 0 Å². The summed E-state index contributed by atoms with van der Waals surface area (Å²) in [5.74, 6) is -0.410. The van der Waals surface area contributed by atoms with Crippen LogP contribution in [-0.2, 0) is 23.8 Å². The number of carbonyl (C=O) groups is 2. The van der Waals surface area contributed by atoms with E-state index in [1.165, 1.54) is 180 Å². The highest BCUT2D eigenvalue weighted by atomic mass is 16.6. The summed E-state index contributed by atoms with van der Waals surface area (Å²) in [6, 6.07) is 0. The molecule has 0 aromatic carbocycles. The maximum atomic E-state index is 12.9. The Morgan fingerprint density at radius 2 is 0.643 bits per heavy atom. The first-order valence-electron chi connectivity index (χ1n) is 30.5. The minimum Gasteiger partial charge on any atom is -0.462 e. The molecule has 0 aromatic rings. The molecule has 0 aliphatic heterocycles. The van der Waals surface area contributed by atoms with Crippen LogP contribution in [0.3, 0.4) is 0 Å². The number of esters is 2. The lowest BCUT2D eigenvalue weighted by atomic mass is 10.0. The highest BCUT2D eigenvalue weighted by Crippen LogP contribution is 2.16. The topological polar surface area (TPSA) is 61.8 Å². The Morgan fingerprint density at radius 3 is 1.06 bits per heavy atom. The van der Waals surface area contributed by atoms with Crippen molar-refractivity contribution in [3.63, 3.8) is 0 Å². The third-order valence-corrected chi connectivity index (χ3v) is 13.2. The zero-order valence-electron chi connectivity index (χ0n) is 46.8.